The van der Waals surface area contributed by atoms with Crippen LogP contribution in [0.1, 0.15) is 20.9 Å². The van der Waals surface area contributed by atoms with Gasteiger partial charge in [-0.2, -0.15) is 0 Å². The number of hydrogen-bond donors (Lipinski definition) is 2. The molecule has 3 N–H and O–H groups in total. The Morgan fingerprint density at radius 2 is 1.77 bits per heavy atom. The van der Waals surface area contributed by atoms with Crippen LogP contribution in [0.15, 0.2) is 59.5 Å². The van der Waals surface area contributed by atoms with Crippen molar-refractivity contribution in [1.29, 1.82) is 0 Å². The van der Waals surface area contributed by atoms with Gasteiger partial charge in [0.25, 0.3) is 5.91 Å². The van der Waals surface area contributed by atoms with Crippen LogP contribution in [-0.4, -0.2) is 19.3 Å². The molecule has 0 aliphatic heterocycles. The first-order valence-electron chi connectivity index (χ1n) is 7.77. The zero-order valence-corrected chi connectivity index (χ0v) is 15.6. The van der Waals surface area contributed by atoms with Crippen molar-refractivity contribution in [1.82, 2.24) is 10.3 Å². The van der Waals surface area contributed by atoms with Gasteiger partial charge in [-0.05, 0) is 31.2 Å². The minimum Gasteiger partial charge on any atom is -0.347 e. The van der Waals surface area contributed by atoms with E-state index in [0.717, 1.165) is 21.1 Å². The number of hydrogen-bond acceptors (Lipinski definition) is 5. The number of nitrogens with zero attached hydrogens (tertiary/aromatic N) is 1. The van der Waals surface area contributed by atoms with Gasteiger partial charge in [-0.15, -0.1) is 11.3 Å². The lowest BCUT2D eigenvalue weighted by Crippen LogP contribution is -2.22. The highest BCUT2D eigenvalue weighted by atomic mass is 32.2. The van der Waals surface area contributed by atoms with Gasteiger partial charge in [-0.3, -0.25) is 4.79 Å². The van der Waals surface area contributed by atoms with Crippen LogP contribution < -0.4 is 10.5 Å². The first kappa shape index (κ1) is 18.2. The average molecular weight is 387 g/mol. The van der Waals surface area contributed by atoms with Gasteiger partial charge in [0.1, 0.15) is 5.01 Å². The number of primary sulfonamides is 1. The van der Waals surface area contributed by atoms with Crippen LogP contribution in [0.3, 0.4) is 0 Å². The summed E-state index contributed by atoms with van der Waals surface area (Å²) in [6.45, 7) is 2.26. The number of carbonyl (C=O) groups excluding carboxylic acids is 1. The first-order valence-corrected chi connectivity index (χ1v) is 10.1. The molecular weight excluding hydrogens is 370 g/mol. The summed E-state index contributed by atoms with van der Waals surface area (Å²) in [7, 11) is -3.77. The molecule has 0 aliphatic rings. The normalized spacial score (nSPS) is 11.3. The summed E-state index contributed by atoms with van der Waals surface area (Å²) in [5.74, 6) is -0.292. The molecule has 0 bridgehead atoms. The lowest BCUT2D eigenvalue weighted by molar-refractivity contribution is 0.0951. The third-order valence-corrected chi connectivity index (χ3v) is 5.90. The third kappa shape index (κ3) is 4.16. The predicted octanol–water partition coefficient (Wildman–Crippen LogP) is 2.70. The molecule has 0 saturated carbocycles. The monoisotopic (exact) mass is 387 g/mol. The largest absolute Gasteiger partial charge is 0.347 e. The highest BCUT2D eigenvalue weighted by Crippen LogP contribution is 2.27. The molecule has 1 amide bonds. The maximum Gasteiger partial charge on any atom is 0.251 e. The Balaban J connectivity index is 1.69. The topological polar surface area (TPSA) is 102 Å². The van der Waals surface area contributed by atoms with E-state index in [-0.39, 0.29) is 10.8 Å². The minimum absolute atomic E-state index is 0.0279. The second-order valence-electron chi connectivity index (χ2n) is 5.65. The van der Waals surface area contributed by atoms with Crippen LogP contribution in [0.5, 0.6) is 0 Å². The van der Waals surface area contributed by atoms with Crippen molar-refractivity contribution in [2.24, 2.45) is 5.14 Å². The summed E-state index contributed by atoms with van der Waals surface area (Å²) in [6, 6.07) is 15.4. The standard InChI is InChI=1S/C18H17N3O3S2/c1-12-16(25-18(21-12)14-5-3-2-4-6-14)11-20-17(22)13-7-9-15(10-8-13)26(19,23)24/h2-10H,11H2,1H3,(H,20,22)(H2,19,23,24). The number of sulfonamides is 1. The number of rotatable bonds is 5. The molecule has 3 rings (SSSR count). The fourth-order valence-corrected chi connectivity index (χ4v) is 3.88. The number of aryl methyl sites for hydroxylation is 1. The summed E-state index contributed by atoms with van der Waals surface area (Å²) in [4.78, 5) is 17.8. The third-order valence-electron chi connectivity index (χ3n) is 3.77. The molecule has 1 aromatic heterocycles. The second kappa shape index (κ2) is 7.36. The van der Waals surface area contributed by atoms with Crippen molar-refractivity contribution in [2.45, 2.75) is 18.4 Å². The molecule has 0 aliphatic carbocycles. The summed E-state index contributed by atoms with van der Waals surface area (Å²) in [5, 5.41) is 8.79. The maximum absolute atomic E-state index is 12.3. The van der Waals surface area contributed by atoms with Gasteiger partial charge < -0.3 is 5.32 Å². The molecule has 0 atom stereocenters. The summed E-state index contributed by atoms with van der Waals surface area (Å²) in [5.41, 5.74) is 2.28. The van der Waals surface area contributed by atoms with Crippen LogP contribution in [0.4, 0.5) is 0 Å². The maximum atomic E-state index is 12.3. The summed E-state index contributed by atoms with van der Waals surface area (Å²) in [6.07, 6.45) is 0. The van der Waals surface area contributed by atoms with E-state index in [4.69, 9.17) is 5.14 Å². The van der Waals surface area contributed by atoms with Crippen molar-refractivity contribution < 1.29 is 13.2 Å². The molecule has 0 unspecified atom stereocenters. The first-order chi connectivity index (χ1) is 12.3. The van der Waals surface area contributed by atoms with Crippen molar-refractivity contribution in [3.05, 3.63) is 70.7 Å². The van der Waals surface area contributed by atoms with Gasteiger partial charge in [0.2, 0.25) is 10.0 Å². The number of amides is 1. The lowest BCUT2D eigenvalue weighted by atomic mass is 10.2. The summed E-state index contributed by atoms with van der Waals surface area (Å²) < 4.78 is 22.5. The Bertz CT molecular complexity index is 1030. The SMILES string of the molecule is Cc1nc(-c2ccccc2)sc1CNC(=O)c1ccc(S(N)(=O)=O)cc1. The molecule has 8 heteroatoms. The predicted molar refractivity (Wildman–Crippen MR) is 101 cm³/mol. The number of thiazole rings is 1. The minimum atomic E-state index is -3.77. The summed E-state index contributed by atoms with van der Waals surface area (Å²) >= 11 is 1.53. The number of aromatic nitrogens is 1. The molecule has 6 nitrogen and oxygen atoms in total. The zero-order chi connectivity index (χ0) is 18.7. The molecule has 0 spiro atoms. The van der Waals surface area contributed by atoms with E-state index in [9.17, 15) is 13.2 Å². The Hall–Kier alpha value is -2.55. The Kier molecular flexibility index (Phi) is 5.17. The van der Waals surface area contributed by atoms with Gasteiger partial charge in [0, 0.05) is 16.0 Å². The van der Waals surface area contributed by atoms with E-state index in [1.165, 1.54) is 35.6 Å². The zero-order valence-electron chi connectivity index (χ0n) is 14.0. The fraction of sp³-hybridized carbons (Fsp3) is 0.111. The van der Waals surface area contributed by atoms with Gasteiger partial charge in [0.15, 0.2) is 0 Å². The lowest BCUT2D eigenvalue weighted by Gasteiger charge is -2.05. The molecular formula is C18H17N3O3S2. The van der Waals surface area contributed by atoms with E-state index in [0.29, 0.717) is 12.1 Å². The Morgan fingerprint density at radius 3 is 2.38 bits per heavy atom. The highest BCUT2D eigenvalue weighted by Gasteiger charge is 2.13. The van der Waals surface area contributed by atoms with E-state index >= 15 is 0 Å². The van der Waals surface area contributed by atoms with Gasteiger partial charge >= 0.3 is 0 Å². The van der Waals surface area contributed by atoms with Crippen LogP contribution in [0, 0.1) is 6.92 Å². The van der Waals surface area contributed by atoms with Crippen molar-refractivity contribution in [3.63, 3.8) is 0 Å². The molecule has 3 aromatic rings. The van der Waals surface area contributed by atoms with E-state index in [1.54, 1.807) is 0 Å². The van der Waals surface area contributed by atoms with Gasteiger partial charge in [-0.1, -0.05) is 30.3 Å². The number of carbonyl (C=O) groups is 1. The average Bonchev–Trinajstić information content (AvgIpc) is 3.00. The highest BCUT2D eigenvalue weighted by molar-refractivity contribution is 7.89. The van der Waals surface area contributed by atoms with E-state index in [2.05, 4.69) is 10.3 Å². The Labute approximate surface area is 155 Å². The van der Waals surface area contributed by atoms with E-state index < -0.39 is 10.0 Å². The fourth-order valence-electron chi connectivity index (χ4n) is 2.35. The molecule has 0 fully saturated rings. The smallest absolute Gasteiger partial charge is 0.251 e. The van der Waals surface area contributed by atoms with Gasteiger partial charge in [0.05, 0.1) is 17.1 Å². The number of benzene rings is 2. The van der Waals surface area contributed by atoms with Crippen LogP contribution in [-0.2, 0) is 16.6 Å². The molecule has 2 aromatic carbocycles. The van der Waals surface area contributed by atoms with Crippen LogP contribution in [0.2, 0.25) is 0 Å². The quantitative estimate of drug-likeness (QED) is 0.702. The van der Waals surface area contributed by atoms with Crippen LogP contribution in [0.25, 0.3) is 10.6 Å². The van der Waals surface area contributed by atoms with Crippen molar-refractivity contribution in [2.75, 3.05) is 0 Å². The van der Waals surface area contributed by atoms with Crippen molar-refractivity contribution >= 4 is 27.3 Å². The Morgan fingerprint density at radius 1 is 1.12 bits per heavy atom. The number of nitrogens with two attached hydrogens (primary N) is 1. The molecule has 26 heavy (non-hydrogen) atoms. The number of nitrogens with one attached hydrogen (secondary N) is 1. The second-order valence-corrected chi connectivity index (χ2v) is 8.29. The van der Waals surface area contributed by atoms with Crippen LogP contribution >= 0.6 is 11.3 Å². The van der Waals surface area contributed by atoms with Gasteiger partial charge in [-0.25, -0.2) is 18.5 Å². The molecule has 1 heterocycles. The molecule has 0 saturated heterocycles. The van der Waals surface area contributed by atoms with Crippen molar-refractivity contribution in [3.8, 4) is 10.6 Å². The van der Waals surface area contributed by atoms with E-state index in [1.807, 2.05) is 37.3 Å². The molecule has 0 radical (unpaired) electrons. The molecule has 134 valence electrons.